The minimum Gasteiger partial charge on any atom is -0.469 e. The molecule has 1 N–H and O–H groups in total. The molecule has 0 spiro atoms. The number of furan rings is 2. The third-order valence-corrected chi connectivity index (χ3v) is 3.43. The standard InChI is InChI=1S/C17H24N4O3.HI/c1-20(2)16(22)12-19-17(18-9-8-14-6-4-10-23-14)21(3)13-15-7-5-11-24-15;/h4-7,10-11H,8-9,12-13H2,1-3H3,(H,18,19);1H. The zero-order valence-corrected chi connectivity index (χ0v) is 17.1. The Morgan fingerprint density at radius 2 is 1.76 bits per heavy atom. The number of rotatable bonds is 7. The van der Waals surface area contributed by atoms with Gasteiger partial charge in [-0.05, 0) is 24.3 Å². The molecular weight excluding hydrogens is 435 g/mol. The molecule has 1 amide bonds. The fraction of sp³-hybridized carbons (Fsp3) is 0.412. The third-order valence-electron chi connectivity index (χ3n) is 3.43. The fourth-order valence-electron chi connectivity index (χ4n) is 2.06. The summed E-state index contributed by atoms with van der Waals surface area (Å²) >= 11 is 0. The summed E-state index contributed by atoms with van der Waals surface area (Å²) in [5.41, 5.74) is 0. The molecule has 0 aliphatic heterocycles. The summed E-state index contributed by atoms with van der Waals surface area (Å²) < 4.78 is 10.7. The minimum absolute atomic E-state index is 0. The summed E-state index contributed by atoms with van der Waals surface area (Å²) in [7, 11) is 5.34. The summed E-state index contributed by atoms with van der Waals surface area (Å²) in [5, 5.41) is 3.27. The number of carbonyl (C=O) groups is 1. The van der Waals surface area contributed by atoms with Crippen molar-refractivity contribution in [2.45, 2.75) is 13.0 Å². The number of nitrogens with zero attached hydrogens (tertiary/aromatic N) is 3. The Balaban J connectivity index is 0.00000312. The minimum atomic E-state index is -0.0493. The Bertz CT molecular complexity index is 639. The predicted molar refractivity (Wildman–Crippen MR) is 107 cm³/mol. The SMILES string of the molecule is CN(C)C(=O)CN=C(NCCc1ccco1)N(C)Cc1ccco1.I. The monoisotopic (exact) mass is 460 g/mol. The van der Waals surface area contributed by atoms with Gasteiger partial charge in [0.15, 0.2) is 5.96 Å². The number of aliphatic imine (C=N–C) groups is 1. The molecular formula is C17H25IN4O3. The highest BCUT2D eigenvalue weighted by Crippen LogP contribution is 2.04. The molecule has 0 saturated heterocycles. The molecule has 0 fully saturated rings. The number of carbonyl (C=O) groups excluding carboxylic acids is 1. The van der Waals surface area contributed by atoms with Gasteiger partial charge in [-0.15, -0.1) is 24.0 Å². The number of hydrogen-bond acceptors (Lipinski definition) is 4. The van der Waals surface area contributed by atoms with Crippen LogP contribution in [0.1, 0.15) is 11.5 Å². The maximum atomic E-state index is 11.8. The van der Waals surface area contributed by atoms with Crippen LogP contribution in [0.5, 0.6) is 0 Å². The van der Waals surface area contributed by atoms with E-state index in [1.165, 1.54) is 4.90 Å². The van der Waals surface area contributed by atoms with Crippen LogP contribution in [0.3, 0.4) is 0 Å². The van der Waals surface area contributed by atoms with Crippen LogP contribution in [0.4, 0.5) is 0 Å². The van der Waals surface area contributed by atoms with E-state index in [9.17, 15) is 4.79 Å². The normalized spacial score (nSPS) is 10.9. The Hall–Kier alpha value is -1.97. The van der Waals surface area contributed by atoms with Crippen molar-refractivity contribution in [3.8, 4) is 0 Å². The number of halogens is 1. The molecule has 138 valence electrons. The van der Waals surface area contributed by atoms with Gasteiger partial charge < -0.3 is 24.0 Å². The first kappa shape index (κ1) is 21.1. The molecule has 2 rings (SSSR count). The smallest absolute Gasteiger partial charge is 0.243 e. The average molecular weight is 460 g/mol. The molecule has 8 heteroatoms. The van der Waals surface area contributed by atoms with Crippen molar-refractivity contribution in [1.82, 2.24) is 15.1 Å². The van der Waals surface area contributed by atoms with Crippen molar-refractivity contribution in [2.24, 2.45) is 4.99 Å². The first-order valence-corrected chi connectivity index (χ1v) is 7.80. The quantitative estimate of drug-likeness (QED) is 0.390. The summed E-state index contributed by atoms with van der Waals surface area (Å²) in [6, 6.07) is 7.55. The van der Waals surface area contributed by atoms with Gasteiger partial charge in [0, 0.05) is 34.1 Å². The molecule has 0 saturated carbocycles. The van der Waals surface area contributed by atoms with Gasteiger partial charge in [0.2, 0.25) is 5.91 Å². The second kappa shape index (κ2) is 10.8. The second-order valence-corrected chi connectivity index (χ2v) is 5.62. The van der Waals surface area contributed by atoms with Crippen LogP contribution in [-0.2, 0) is 17.8 Å². The molecule has 0 aliphatic rings. The predicted octanol–water partition coefficient (Wildman–Crippen LogP) is 2.20. The lowest BCUT2D eigenvalue weighted by Crippen LogP contribution is -2.40. The van der Waals surface area contributed by atoms with Crippen LogP contribution < -0.4 is 5.32 Å². The van der Waals surface area contributed by atoms with Gasteiger partial charge in [0.05, 0.1) is 19.1 Å². The number of guanidine groups is 1. The first-order valence-electron chi connectivity index (χ1n) is 7.80. The second-order valence-electron chi connectivity index (χ2n) is 5.62. The molecule has 0 radical (unpaired) electrons. The van der Waals surface area contributed by atoms with E-state index in [0.29, 0.717) is 19.0 Å². The number of hydrogen-bond donors (Lipinski definition) is 1. The highest BCUT2D eigenvalue weighted by Gasteiger charge is 2.11. The van der Waals surface area contributed by atoms with E-state index in [0.717, 1.165) is 17.9 Å². The molecule has 7 nitrogen and oxygen atoms in total. The lowest BCUT2D eigenvalue weighted by molar-refractivity contribution is -0.127. The van der Waals surface area contributed by atoms with Gasteiger partial charge in [-0.1, -0.05) is 0 Å². The third kappa shape index (κ3) is 7.20. The van der Waals surface area contributed by atoms with Crippen molar-refractivity contribution < 1.29 is 13.6 Å². The topological polar surface area (TPSA) is 74.2 Å². The van der Waals surface area contributed by atoms with E-state index >= 15 is 0 Å². The Labute approximate surface area is 165 Å². The average Bonchev–Trinajstić information content (AvgIpc) is 3.23. The van der Waals surface area contributed by atoms with Gasteiger partial charge in [0.25, 0.3) is 0 Å². The van der Waals surface area contributed by atoms with Crippen LogP contribution >= 0.6 is 24.0 Å². The van der Waals surface area contributed by atoms with Gasteiger partial charge >= 0.3 is 0 Å². The molecule has 25 heavy (non-hydrogen) atoms. The molecule has 0 atom stereocenters. The molecule has 0 bridgehead atoms. The van der Waals surface area contributed by atoms with Crippen LogP contribution in [0.25, 0.3) is 0 Å². The largest absolute Gasteiger partial charge is 0.469 e. The van der Waals surface area contributed by atoms with E-state index in [1.807, 2.05) is 36.2 Å². The van der Waals surface area contributed by atoms with Crippen molar-refractivity contribution >= 4 is 35.8 Å². The zero-order valence-electron chi connectivity index (χ0n) is 14.8. The summed E-state index contributed by atoms with van der Waals surface area (Å²) in [4.78, 5) is 19.6. The Morgan fingerprint density at radius 1 is 1.12 bits per heavy atom. The number of likely N-dealkylation sites (N-methyl/N-ethyl adjacent to an activating group) is 1. The van der Waals surface area contributed by atoms with E-state index in [1.54, 1.807) is 26.6 Å². The maximum absolute atomic E-state index is 11.8. The molecule has 2 aromatic heterocycles. The van der Waals surface area contributed by atoms with E-state index < -0.39 is 0 Å². The Morgan fingerprint density at radius 3 is 2.32 bits per heavy atom. The lowest BCUT2D eigenvalue weighted by atomic mass is 10.3. The Kier molecular flexibility index (Phi) is 9.11. The zero-order chi connectivity index (χ0) is 17.4. The van der Waals surface area contributed by atoms with Gasteiger partial charge in [0.1, 0.15) is 18.1 Å². The summed E-state index contributed by atoms with van der Waals surface area (Å²) in [6.45, 7) is 1.32. The van der Waals surface area contributed by atoms with Crippen LogP contribution in [0.15, 0.2) is 50.6 Å². The summed E-state index contributed by atoms with van der Waals surface area (Å²) in [5.74, 6) is 2.33. The van der Waals surface area contributed by atoms with E-state index in [-0.39, 0.29) is 36.4 Å². The number of nitrogens with one attached hydrogen (secondary N) is 1. The van der Waals surface area contributed by atoms with E-state index in [2.05, 4.69) is 10.3 Å². The van der Waals surface area contributed by atoms with E-state index in [4.69, 9.17) is 8.83 Å². The fourth-order valence-corrected chi connectivity index (χ4v) is 2.06. The van der Waals surface area contributed by atoms with Crippen LogP contribution in [-0.4, -0.2) is 55.9 Å². The highest BCUT2D eigenvalue weighted by molar-refractivity contribution is 14.0. The molecule has 0 aromatic carbocycles. The maximum Gasteiger partial charge on any atom is 0.243 e. The van der Waals surface area contributed by atoms with Gasteiger partial charge in [-0.3, -0.25) is 4.79 Å². The van der Waals surface area contributed by atoms with Gasteiger partial charge in [-0.2, -0.15) is 0 Å². The van der Waals surface area contributed by atoms with Crippen molar-refractivity contribution in [3.05, 3.63) is 48.3 Å². The van der Waals surface area contributed by atoms with Crippen molar-refractivity contribution in [3.63, 3.8) is 0 Å². The lowest BCUT2D eigenvalue weighted by Gasteiger charge is -2.21. The molecule has 0 unspecified atom stereocenters. The highest BCUT2D eigenvalue weighted by atomic mass is 127. The molecule has 2 aromatic rings. The van der Waals surface area contributed by atoms with Crippen molar-refractivity contribution in [2.75, 3.05) is 34.2 Å². The molecule has 2 heterocycles. The van der Waals surface area contributed by atoms with Crippen molar-refractivity contribution in [1.29, 1.82) is 0 Å². The summed E-state index contributed by atoms with van der Waals surface area (Å²) in [6.07, 6.45) is 4.03. The number of amides is 1. The van der Waals surface area contributed by atoms with Crippen LogP contribution in [0.2, 0.25) is 0 Å². The van der Waals surface area contributed by atoms with Gasteiger partial charge in [-0.25, -0.2) is 4.99 Å². The molecule has 0 aliphatic carbocycles. The van der Waals surface area contributed by atoms with Crippen LogP contribution in [0, 0.1) is 0 Å². The first-order chi connectivity index (χ1) is 11.6.